The van der Waals surface area contributed by atoms with Crippen molar-refractivity contribution in [1.82, 2.24) is 0 Å². The SMILES string of the molecule is CC.CCc1cc(C)cc2c1CC=C2C. The van der Waals surface area contributed by atoms with Crippen molar-refractivity contribution in [2.75, 3.05) is 0 Å². The van der Waals surface area contributed by atoms with Crippen molar-refractivity contribution < 1.29 is 0 Å². The molecule has 0 atom stereocenters. The molecule has 1 aromatic rings. The predicted molar refractivity (Wildman–Crippen MR) is 69.3 cm³/mol. The molecule has 1 aromatic carbocycles. The lowest BCUT2D eigenvalue weighted by molar-refractivity contribution is 1.08. The predicted octanol–water partition coefficient (Wildman–Crippen LogP) is 4.54. The number of hydrogen-bond acceptors (Lipinski definition) is 0. The van der Waals surface area contributed by atoms with Crippen molar-refractivity contribution in [2.24, 2.45) is 0 Å². The van der Waals surface area contributed by atoms with Crippen LogP contribution in [-0.2, 0) is 12.8 Å². The summed E-state index contributed by atoms with van der Waals surface area (Å²) in [5.41, 5.74) is 7.42. The summed E-state index contributed by atoms with van der Waals surface area (Å²) in [7, 11) is 0. The standard InChI is InChI=1S/C13H16.C2H6/c1-4-11-7-9(2)8-13-10(3)5-6-12(11)13;1-2/h5,7-8H,4,6H2,1-3H3;1-2H3. The zero-order chi connectivity index (χ0) is 11.4. The summed E-state index contributed by atoms with van der Waals surface area (Å²) in [4.78, 5) is 0. The number of rotatable bonds is 1. The topological polar surface area (TPSA) is 0 Å². The maximum Gasteiger partial charge on any atom is -0.00827 e. The molecule has 0 unspecified atom stereocenters. The van der Waals surface area contributed by atoms with Gasteiger partial charge >= 0.3 is 0 Å². The third-order valence-electron chi connectivity index (χ3n) is 2.90. The van der Waals surface area contributed by atoms with Gasteiger partial charge in [-0.15, -0.1) is 0 Å². The maximum absolute atomic E-state index is 2.34. The molecule has 1 aliphatic carbocycles. The quantitative estimate of drug-likeness (QED) is 0.627. The van der Waals surface area contributed by atoms with Gasteiger partial charge < -0.3 is 0 Å². The molecule has 15 heavy (non-hydrogen) atoms. The van der Waals surface area contributed by atoms with Crippen molar-refractivity contribution in [3.05, 3.63) is 40.5 Å². The van der Waals surface area contributed by atoms with Crippen LogP contribution in [0.5, 0.6) is 0 Å². The van der Waals surface area contributed by atoms with Crippen LogP contribution in [0.25, 0.3) is 5.57 Å². The molecule has 0 N–H and O–H groups in total. The van der Waals surface area contributed by atoms with Gasteiger partial charge in [-0.05, 0) is 49.0 Å². The van der Waals surface area contributed by atoms with Crippen LogP contribution in [0.1, 0.15) is 49.9 Å². The lowest BCUT2D eigenvalue weighted by Gasteiger charge is -2.09. The van der Waals surface area contributed by atoms with Crippen molar-refractivity contribution in [2.45, 2.75) is 47.5 Å². The minimum absolute atomic E-state index is 1.14. The molecule has 0 radical (unpaired) electrons. The number of benzene rings is 1. The van der Waals surface area contributed by atoms with E-state index in [0.717, 1.165) is 12.8 Å². The molecular weight excluding hydrogens is 180 g/mol. The Bertz CT molecular complexity index is 370. The van der Waals surface area contributed by atoms with E-state index in [1.165, 1.54) is 22.3 Å². The zero-order valence-corrected chi connectivity index (χ0v) is 10.6. The Hall–Kier alpha value is -1.04. The van der Waals surface area contributed by atoms with Crippen LogP contribution in [0, 0.1) is 6.92 Å². The fourth-order valence-corrected chi connectivity index (χ4v) is 2.16. The molecule has 0 saturated carbocycles. The highest BCUT2D eigenvalue weighted by Gasteiger charge is 2.13. The van der Waals surface area contributed by atoms with Crippen LogP contribution >= 0.6 is 0 Å². The summed E-state index contributed by atoms with van der Waals surface area (Å²) in [6.07, 6.45) is 4.64. The molecule has 0 amide bonds. The largest absolute Gasteiger partial charge is 0.0766 e. The van der Waals surface area contributed by atoms with E-state index in [2.05, 4.69) is 39.0 Å². The molecule has 0 spiro atoms. The number of hydrogen-bond donors (Lipinski definition) is 0. The normalized spacial score (nSPS) is 12.7. The Morgan fingerprint density at radius 1 is 1.13 bits per heavy atom. The highest BCUT2D eigenvalue weighted by molar-refractivity contribution is 5.73. The van der Waals surface area contributed by atoms with Crippen LogP contribution < -0.4 is 0 Å². The van der Waals surface area contributed by atoms with Gasteiger partial charge in [-0.1, -0.05) is 44.5 Å². The van der Waals surface area contributed by atoms with Crippen molar-refractivity contribution >= 4 is 5.57 Å². The molecule has 1 aliphatic rings. The minimum Gasteiger partial charge on any atom is -0.0766 e. The molecule has 0 heteroatoms. The van der Waals surface area contributed by atoms with Gasteiger partial charge in [-0.3, -0.25) is 0 Å². The van der Waals surface area contributed by atoms with Gasteiger partial charge in [0.1, 0.15) is 0 Å². The molecule has 0 fully saturated rings. The number of fused-ring (bicyclic) bond motifs is 1. The zero-order valence-electron chi connectivity index (χ0n) is 10.6. The second kappa shape index (κ2) is 5.16. The van der Waals surface area contributed by atoms with Gasteiger partial charge in [0.2, 0.25) is 0 Å². The first-order valence-electron chi connectivity index (χ1n) is 6.02. The molecule has 0 saturated heterocycles. The highest BCUT2D eigenvalue weighted by atomic mass is 14.2. The minimum atomic E-state index is 1.14. The Kier molecular flexibility index (Phi) is 4.14. The Morgan fingerprint density at radius 3 is 2.40 bits per heavy atom. The van der Waals surface area contributed by atoms with Crippen molar-refractivity contribution in [3.63, 3.8) is 0 Å². The molecule has 82 valence electrons. The van der Waals surface area contributed by atoms with Crippen LogP contribution in [0.2, 0.25) is 0 Å². The highest BCUT2D eigenvalue weighted by Crippen LogP contribution is 2.30. The molecule has 0 heterocycles. The Labute approximate surface area is 94.0 Å². The average Bonchev–Trinajstić information content (AvgIpc) is 2.62. The van der Waals surface area contributed by atoms with E-state index in [0.29, 0.717) is 0 Å². The first-order valence-corrected chi connectivity index (χ1v) is 6.02. The van der Waals surface area contributed by atoms with E-state index < -0.39 is 0 Å². The summed E-state index contributed by atoms with van der Waals surface area (Å²) in [5, 5.41) is 0. The van der Waals surface area contributed by atoms with Crippen LogP contribution in [0.3, 0.4) is 0 Å². The lowest BCUT2D eigenvalue weighted by Crippen LogP contribution is -1.93. The molecule has 0 aliphatic heterocycles. The van der Waals surface area contributed by atoms with E-state index in [9.17, 15) is 0 Å². The summed E-state index contributed by atoms with van der Waals surface area (Å²) in [5.74, 6) is 0. The van der Waals surface area contributed by atoms with Crippen LogP contribution in [0.4, 0.5) is 0 Å². The van der Waals surface area contributed by atoms with E-state index in [1.54, 1.807) is 5.56 Å². The molecule has 0 nitrogen and oxygen atoms in total. The van der Waals surface area contributed by atoms with Gasteiger partial charge in [0, 0.05) is 0 Å². The monoisotopic (exact) mass is 202 g/mol. The van der Waals surface area contributed by atoms with Crippen LogP contribution in [0.15, 0.2) is 18.2 Å². The van der Waals surface area contributed by atoms with Gasteiger partial charge in [0.15, 0.2) is 0 Å². The maximum atomic E-state index is 2.34. The second-order valence-electron chi connectivity index (χ2n) is 3.89. The lowest BCUT2D eigenvalue weighted by atomic mass is 9.96. The van der Waals surface area contributed by atoms with Crippen LogP contribution in [-0.4, -0.2) is 0 Å². The Balaban J connectivity index is 0.000000531. The van der Waals surface area contributed by atoms with E-state index >= 15 is 0 Å². The summed E-state index contributed by atoms with van der Waals surface area (Å²) in [6, 6.07) is 4.64. The smallest absolute Gasteiger partial charge is 0.00827 e. The van der Waals surface area contributed by atoms with Crippen molar-refractivity contribution in [1.29, 1.82) is 0 Å². The third-order valence-corrected chi connectivity index (χ3v) is 2.90. The molecular formula is C15H22. The van der Waals surface area contributed by atoms with E-state index in [1.807, 2.05) is 13.8 Å². The van der Waals surface area contributed by atoms with E-state index in [4.69, 9.17) is 0 Å². The molecule has 0 aromatic heterocycles. The van der Waals surface area contributed by atoms with E-state index in [-0.39, 0.29) is 0 Å². The van der Waals surface area contributed by atoms with Gasteiger partial charge in [-0.2, -0.15) is 0 Å². The first kappa shape index (κ1) is 12.0. The summed E-state index contributed by atoms with van der Waals surface area (Å²) < 4.78 is 0. The number of aryl methyl sites for hydroxylation is 2. The fraction of sp³-hybridized carbons (Fsp3) is 0.467. The average molecular weight is 202 g/mol. The fourth-order valence-electron chi connectivity index (χ4n) is 2.16. The third kappa shape index (κ3) is 2.31. The van der Waals surface area contributed by atoms with Gasteiger partial charge in [0.25, 0.3) is 0 Å². The second-order valence-corrected chi connectivity index (χ2v) is 3.89. The summed E-state index contributed by atoms with van der Waals surface area (Å²) >= 11 is 0. The number of allylic oxidation sites excluding steroid dienone is 2. The van der Waals surface area contributed by atoms with Gasteiger partial charge in [-0.25, -0.2) is 0 Å². The Morgan fingerprint density at radius 2 is 1.80 bits per heavy atom. The van der Waals surface area contributed by atoms with Crippen molar-refractivity contribution in [3.8, 4) is 0 Å². The first-order chi connectivity index (χ1) is 7.22. The van der Waals surface area contributed by atoms with Gasteiger partial charge in [0.05, 0.1) is 0 Å². The molecule has 0 bridgehead atoms. The molecule has 2 rings (SSSR count). The summed E-state index contributed by atoms with van der Waals surface area (Å²) in [6.45, 7) is 10.6.